The summed E-state index contributed by atoms with van der Waals surface area (Å²) in [6.07, 6.45) is 2.26. The summed E-state index contributed by atoms with van der Waals surface area (Å²) in [5.41, 5.74) is 1.24. The van der Waals surface area contributed by atoms with E-state index >= 15 is 0 Å². The maximum atomic E-state index is 12.1. The topological polar surface area (TPSA) is 60.9 Å². The molecule has 1 aliphatic heterocycles. The molecule has 19 heavy (non-hydrogen) atoms. The molecule has 0 aromatic heterocycles. The molecule has 2 aliphatic rings. The molecule has 5 heteroatoms. The Hall–Kier alpha value is -2.04. The van der Waals surface area contributed by atoms with Gasteiger partial charge in [0, 0.05) is 25.7 Å². The Morgan fingerprint density at radius 3 is 2.47 bits per heavy atom. The molecule has 0 bridgehead atoms. The highest BCUT2D eigenvalue weighted by Crippen LogP contribution is 2.30. The molecule has 1 saturated heterocycles. The molecule has 5 nitrogen and oxygen atoms in total. The first-order valence-electron chi connectivity index (χ1n) is 6.53. The van der Waals surface area contributed by atoms with E-state index in [4.69, 9.17) is 5.11 Å². The van der Waals surface area contributed by atoms with Crippen molar-refractivity contribution in [3.8, 4) is 0 Å². The summed E-state index contributed by atoms with van der Waals surface area (Å²) in [7, 11) is 0. The first-order chi connectivity index (χ1) is 9.15. The molecule has 0 radical (unpaired) electrons. The summed E-state index contributed by atoms with van der Waals surface area (Å²) < 4.78 is 0. The highest BCUT2D eigenvalue weighted by Gasteiger charge is 2.38. The molecule has 0 atom stereocenters. The fourth-order valence-electron chi connectivity index (χ4n) is 2.45. The molecular formula is C14H16N2O3. The number of carboxylic acid groups (broad SMARTS) is 1. The predicted molar refractivity (Wildman–Crippen MR) is 68.9 cm³/mol. The van der Waals surface area contributed by atoms with Crippen LogP contribution in [0.1, 0.15) is 28.8 Å². The van der Waals surface area contributed by atoms with E-state index in [2.05, 4.69) is 0 Å². The number of hydrogen-bond donors (Lipinski definition) is 1. The van der Waals surface area contributed by atoms with Gasteiger partial charge >= 0.3 is 12.0 Å². The van der Waals surface area contributed by atoms with Crippen LogP contribution in [0, 0.1) is 0 Å². The van der Waals surface area contributed by atoms with Crippen molar-refractivity contribution >= 4 is 12.0 Å². The van der Waals surface area contributed by atoms with Gasteiger partial charge in [0.25, 0.3) is 0 Å². The molecule has 2 amide bonds. The lowest BCUT2D eigenvalue weighted by Gasteiger charge is -2.18. The summed E-state index contributed by atoms with van der Waals surface area (Å²) in [4.78, 5) is 26.7. The highest BCUT2D eigenvalue weighted by molar-refractivity contribution is 5.87. The van der Waals surface area contributed by atoms with Crippen molar-refractivity contribution < 1.29 is 14.7 Å². The molecule has 1 saturated carbocycles. The van der Waals surface area contributed by atoms with Crippen molar-refractivity contribution in [1.29, 1.82) is 0 Å². The van der Waals surface area contributed by atoms with Gasteiger partial charge < -0.3 is 14.9 Å². The van der Waals surface area contributed by atoms with E-state index in [0.717, 1.165) is 31.5 Å². The van der Waals surface area contributed by atoms with Gasteiger partial charge in [0.2, 0.25) is 0 Å². The summed E-state index contributed by atoms with van der Waals surface area (Å²) in [6, 6.07) is 7.29. The summed E-state index contributed by atoms with van der Waals surface area (Å²) >= 11 is 0. The quantitative estimate of drug-likeness (QED) is 0.897. The van der Waals surface area contributed by atoms with Crippen LogP contribution in [0.2, 0.25) is 0 Å². The maximum absolute atomic E-state index is 12.1. The fraction of sp³-hybridized carbons (Fsp3) is 0.429. The van der Waals surface area contributed by atoms with Gasteiger partial charge in [-0.05, 0) is 30.5 Å². The zero-order valence-corrected chi connectivity index (χ0v) is 10.6. The van der Waals surface area contributed by atoms with E-state index in [0.29, 0.717) is 12.6 Å². The third-order valence-corrected chi connectivity index (χ3v) is 3.69. The number of nitrogens with zero attached hydrogens (tertiary/aromatic N) is 2. The van der Waals surface area contributed by atoms with Crippen molar-refractivity contribution in [3.63, 3.8) is 0 Å². The average molecular weight is 260 g/mol. The smallest absolute Gasteiger partial charge is 0.335 e. The first kappa shape index (κ1) is 12.0. The van der Waals surface area contributed by atoms with E-state index in [1.165, 1.54) is 0 Å². The SMILES string of the molecule is O=C(O)c1ccc(CN2CCN(C3CC3)C2=O)cc1. The van der Waals surface area contributed by atoms with Gasteiger partial charge in [0.05, 0.1) is 5.56 Å². The molecule has 3 rings (SSSR count). The number of hydrogen-bond acceptors (Lipinski definition) is 2. The van der Waals surface area contributed by atoms with E-state index in [-0.39, 0.29) is 11.6 Å². The Labute approximate surface area is 111 Å². The maximum Gasteiger partial charge on any atom is 0.335 e. The summed E-state index contributed by atoms with van der Waals surface area (Å²) in [6.45, 7) is 2.13. The average Bonchev–Trinajstić information content (AvgIpc) is 3.17. The second kappa shape index (κ2) is 4.57. The number of rotatable bonds is 4. The number of amides is 2. The Bertz CT molecular complexity index is 508. The minimum atomic E-state index is -0.927. The van der Waals surface area contributed by atoms with Gasteiger partial charge in [-0.2, -0.15) is 0 Å². The number of carbonyl (C=O) groups is 2. The minimum Gasteiger partial charge on any atom is -0.478 e. The molecule has 100 valence electrons. The van der Waals surface area contributed by atoms with Crippen molar-refractivity contribution in [1.82, 2.24) is 9.80 Å². The molecule has 1 heterocycles. The first-order valence-corrected chi connectivity index (χ1v) is 6.53. The van der Waals surface area contributed by atoms with E-state index in [1.54, 1.807) is 24.3 Å². The molecule has 0 unspecified atom stereocenters. The lowest BCUT2D eigenvalue weighted by molar-refractivity contribution is 0.0697. The monoisotopic (exact) mass is 260 g/mol. The van der Waals surface area contributed by atoms with E-state index < -0.39 is 5.97 Å². The van der Waals surface area contributed by atoms with Crippen molar-refractivity contribution in [3.05, 3.63) is 35.4 Å². The predicted octanol–water partition coefficient (Wildman–Crippen LogP) is 1.78. The summed E-state index contributed by atoms with van der Waals surface area (Å²) in [5, 5.41) is 8.83. The minimum absolute atomic E-state index is 0.116. The van der Waals surface area contributed by atoms with Crippen molar-refractivity contribution in [2.75, 3.05) is 13.1 Å². The Morgan fingerprint density at radius 2 is 1.89 bits per heavy atom. The molecule has 1 aliphatic carbocycles. The fourth-order valence-corrected chi connectivity index (χ4v) is 2.45. The third kappa shape index (κ3) is 2.41. The van der Waals surface area contributed by atoms with Crippen LogP contribution in [0.15, 0.2) is 24.3 Å². The zero-order chi connectivity index (χ0) is 13.4. The number of benzene rings is 1. The van der Waals surface area contributed by atoms with Gasteiger partial charge in [-0.1, -0.05) is 12.1 Å². The molecule has 2 fully saturated rings. The Morgan fingerprint density at radius 1 is 1.21 bits per heavy atom. The largest absolute Gasteiger partial charge is 0.478 e. The number of urea groups is 1. The molecule has 0 spiro atoms. The molecule has 1 aromatic rings. The van der Waals surface area contributed by atoms with Crippen LogP contribution in [0.4, 0.5) is 4.79 Å². The van der Waals surface area contributed by atoms with Gasteiger partial charge in [-0.3, -0.25) is 0 Å². The zero-order valence-electron chi connectivity index (χ0n) is 10.6. The number of aromatic carboxylic acids is 1. The number of carboxylic acids is 1. The van der Waals surface area contributed by atoms with Crippen LogP contribution < -0.4 is 0 Å². The van der Waals surface area contributed by atoms with Gasteiger partial charge in [0.15, 0.2) is 0 Å². The van der Waals surface area contributed by atoms with Gasteiger partial charge in [-0.25, -0.2) is 9.59 Å². The van der Waals surface area contributed by atoms with Gasteiger partial charge in [0.1, 0.15) is 0 Å². The van der Waals surface area contributed by atoms with Crippen LogP contribution >= 0.6 is 0 Å². The molecule has 1 N–H and O–H groups in total. The van der Waals surface area contributed by atoms with Crippen LogP contribution in [-0.2, 0) is 6.54 Å². The van der Waals surface area contributed by atoms with Crippen LogP contribution in [0.3, 0.4) is 0 Å². The third-order valence-electron chi connectivity index (χ3n) is 3.69. The van der Waals surface area contributed by atoms with Crippen molar-refractivity contribution in [2.24, 2.45) is 0 Å². The Kier molecular flexibility index (Phi) is 2.89. The second-order valence-electron chi connectivity index (χ2n) is 5.13. The lowest BCUT2D eigenvalue weighted by atomic mass is 10.1. The standard InChI is InChI=1S/C14H16N2O3/c17-13(18)11-3-1-10(2-4-11)9-15-7-8-16(14(15)19)12-5-6-12/h1-4,12H,5-9H2,(H,17,18). The van der Waals surface area contributed by atoms with E-state index in [1.807, 2.05) is 9.80 Å². The molecule has 1 aromatic carbocycles. The van der Waals surface area contributed by atoms with Gasteiger partial charge in [-0.15, -0.1) is 0 Å². The summed E-state index contributed by atoms with van der Waals surface area (Å²) in [5.74, 6) is -0.927. The van der Waals surface area contributed by atoms with E-state index in [9.17, 15) is 9.59 Å². The lowest BCUT2D eigenvalue weighted by Crippen LogP contribution is -2.32. The Balaban J connectivity index is 1.65. The van der Waals surface area contributed by atoms with Crippen LogP contribution in [-0.4, -0.2) is 46.0 Å². The number of carbonyl (C=O) groups excluding carboxylic acids is 1. The highest BCUT2D eigenvalue weighted by atomic mass is 16.4. The van der Waals surface area contributed by atoms with Crippen molar-refractivity contribution in [2.45, 2.75) is 25.4 Å². The molecular weight excluding hydrogens is 244 g/mol. The van der Waals surface area contributed by atoms with Crippen LogP contribution in [0.5, 0.6) is 0 Å². The second-order valence-corrected chi connectivity index (χ2v) is 5.13. The van der Waals surface area contributed by atoms with Crippen LogP contribution in [0.25, 0.3) is 0 Å². The normalized spacial score (nSPS) is 19.1.